The van der Waals surface area contributed by atoms with E-state index in [-0.39, 0.29) is 29.3 Å². The van der Waals surface area contributed by atoms with E-state index < -0.39 is 0 Å². The third-order valence-corrected chi connectivity index (χ3v) is 5.68. The number of piperidine rings is 1. The second kappa shape index (κ2) is 9.61. The van der Waals surface area contributed by atoms with Crippen LogP contribution in [-0.2, 0) is 16.0 Å². The third-order valence-electron chi connectivity index (χ3n) is 5.68. The van der Waals surface area contributed by atoms with Gasteiger partial charge in [0.2, 0.25) is 23.4 Å². The van der Waals surface area contributed by atoms with Gasteiger partial charge in [0.25, 0.3) is 5.89 Å². The van der Waals surface area contributed by atoms with Crippen LogP contribution in [0.2, 0.25) is 0 Å². The molecule has 9 nitrogen and oxygen atoms in total. The highest BCUT2D eigenvalue weighted by Crippen LogP contribution is 2.31. The summed E-state index contributed by atoms with van der Waals surface area (Å²) in [6.07, 6.45) is 3.10. The van der Waals surface area contributed by atoms with Crippen LogP contribution in [0.3, 0.4) is 0 Å². The molecule has 9 heteroatoms. The van der Waals surface area contributed by atoms with Crippen molar-refractivity contribution in [3.05, 3.63) is 53.9 Å². The van der Waals surface area contributed by atoms with E-state index in [4.69, 9.17) is 8.83 Å². The highest BCUT2D eigenvalue weighted by atomic mass is 16.4. The highest BCUT2D eigenvalue weighted by Gasteiger charge is 2.29. The van der Waals surface area contributed by atoms with Crippen molar-refractivity contribution in [1.82, 2.24) is 9.88 Å². The Kier molecular flexibility index (Phi) is 6.45. The lowest BCUT2D eigenvalue weighted by molar-refractivity contribution is -0.128. The van der Waals surface area contributed by atoms with E-state index in [9.17, 15) is 14.9 Å². The quantitative estimate of drug-likeness (QED) is 0.616. The maximum Gasteiger partial charge on any atom is 0.266 e. The molecule has 4 rings (SSSR count). The molecule has 2 aromatic heterocycles. The summed E-state index contributed by atoms with van der Waals surface area (Å²) in [6.45, 7) is 1.15. The monoisotopic (exact) mass is 447 g/mol. The molecule has 1 aromatic carbocycles. The summed E-state index contributed by atoms with van der Waals surface area (Å²) in [7, 11) is 3.45. The predicted molar refractivity (Wildman–Crippen MR) is 121 cm³/mol. The van der Waals surface area contributed by atoms with E-state index in [1.54, 1.807) is 31.1 Å². The predicted octanol–water partition coefficient (Wildman–Crippen LogP) is 3.29. The normalized spacial score (nSPS) is 14.0. The van der Waals surface area contributed by atoms with Gasteiger partial charge in [-0.2, -0.15) is 10.2 Å². The summed E-state index contributed by atoms with van der Waals surface area (Å²) in [4.78, 5) is 32.3. The number of nitrogens with zero attached hydrogens (tertiary/aromatic N) is 4. The summed E-state index contributed by atoms with van der Waals surface area (Å²) in [5.41, 5.74) is 1.81. The van der Waals surface area contributed by atoms with Crippen molar-refractivity contribution in [3.63, 3.8) is 0 Å². The molecule has 0 atom stereocenters. The number of benzene rings is 1. The van der Waals surface area contributed by atoms with Crippen molar-refractivity contribution in [3.8, 4) is 17.7 Å². The zero-order valence-corrected chi connectivity index (χ0v) is 18.6. The second-order valence-corrected chi connectivity index (χ2v) is 8.17. The molecule has 33 heavy (non-hydrogen) atoms. The number of hydrogen-bond acceptors (Lipinski definition) is 7. The first-order valence-electron chi connectivity index (χ1n) is 10.7. The lowest BCUT2D eigenvalue weighted by Gasteiger charge is -2.30. The number of amides is 2. The Labute approximate surface area is 191 Å². The van der Waals surface area contributed by atoms with Gasteiger partial charge in [0.15, 0.2) is 5.76 Å². The zero-order chi connectivity index (χ0) is 23.4. The number of aromatic nitrogens is 1. The maximum absolute atomic E-state index is 12.8. The Hall–Kier alpha value is -4.06. The highest BCUT2D eigenvalue weighted by molar-refractivity contribution is 5.92. The first-order valence-corrected chi connectivity index (χ1v) is 10.7. The van der Waals surface area contributed by atoms with Crippen molar-refractivity contribution in [2.24, 2.45) is 5.92 Å². The summed E-state index contributed by atoms with van der Waals surface area (Å²) < 4.78 is 11.1. The van der Waals surface area contributed by atoms with Gasteiger partial charge < -0.3 is 24.0 Å². The van der Waals surface area contributed by atoms with Crippen LogP contribution in [0.5, 0.6) is 0 Å². The molecular weight excluding hydrogens is 422 g/mol. The van der Waals surface area contributed by atoms with E-state index in [0.717, 1.165) is 5.56 Å². The Balaban J connectivity index is 1.33. The van der Waals surface area contributed by atoms with Gasteiger partial charge in [-0.05, 0) is 42.7 Å². The van der Waals surface area contributed by atoms with Crippen molar-refractivity contribution >= 4 is 23.4 Å². The number of oxazole rings is 1. The van der Waals surface area contributed by atoms with Crippen molar-refractivity contribution < 1.29 is 18.4 Å². The van der Waals surface area contributed by atoms with Gasteiger partial charge in [0, 0.05) is 38.8 Å². The number of nitrogens with one attached hydrogen (secondary N) is 1. The van der Waals surface area contributed by atoms with Crippen LogP contribution in [0.4, 0.5) is 11.6 Å². The van der Waals surface area contributed by atoms with E-state index >= 15 is 0 Å². The van der Waals surface area contributed by atoms with Gasteiger partial charge in [-0.1, -0.05) is 12.1 Å². The SMILES string of the molecule is CN(C)C(=O)Cc1ccc(NC(=O)C2CCN(c3oc(-c4ccco4)nc3C#N)CC2)cc1. The Morgan fingerprint density at radius 3 is 2.55 bits per heavy atom. The van der Waals surface area contributed by atoms with Crippen LogP contribution in [0, 0.1) is 17.2 Å². The van der Waals surface area contributed by atoms with Crippen molar-refractivity contribution in [1.29, 1.82) is 5.26 Å². The first-order chi connectivity index (χ1) is 15.9. The molecular formula is C24H25N5O4. The van der Waals surface area contributed by atoms with Gasteiger partial charge in [0.05, 0.1) is 12.7 Å². The molecule has 1 saturated heterocycles. The Bertz CT molecular complexity index is 1150. The molecule has 1 N–H and O–H groups in total. The minimum absolute atomic E-state index is 0.0288. The van der Waals surface area contributed by atoms with E-state index in [0.29, 0.717) is 49.7 Å². The number of furan rings is 1. The van der Waals surface area contributed by atoms with Crippen LogP contribution in [0.15, 0.2) is 51.5 Å². The molecule has 170 valence electrons. The van der Waals surface area contributed by atoms with Gasteiger partial charge in [0.1, 0.15) is 6.07 Å². The van der Waals surface area contributed by atoms with Gasteiger partial charge in [-0.25, -0.2) is 0 Å². The first kappa shape index (κ1) is 22.1. The van der Waals surface area contributed by atoms with E-state index in [1.165, 1.54) is 6.26 Å². The second-order valence-electron chi connectivity index (χ2n) is 8.17. The molecule has 0 spiro atoms. The largest absolute Gasteiger partial charge is 0.459 e. The number of nitriles is 1. The molecule has 0 aliphatic carbocycles. The summed E-state index contributed by atoms with van der Waals surface area (Å²) in [6, 6.07) is 12.9. The molecule has 0 radical (unpaired) electrons. The molecule has 0 bridgehead atoms. The van der Waals surface area contributed by atoms with Crippen LogP contribution >= 0.6 is 0 Å². The topological polar surface area (TPSA) is 116 Å². The number of anilines is 2. The molecule has 1 aliphatic rings. The fourth-order valence-corrected chi connectivity index (χ4v) is 3.73. The van der Waals surface area contributed by atoms with Crippen molar-refractivity contribution in [2.45, 2.75) is 19.3 Å². The third kappa shape index (κ3) is 5.06. The Morgan fingerprint density at radius 1 is 1.21 bits per heavy atom. The van der Waals surface area contributed by atoms with E-state index in [2.05, 4.69) is 16.4 Å². The number of carbonyl (C=O) groups excluding carboxylic acids is 2. The molecule has 3 heterocycles. The molecule has 0 saturated carbocycles. The minimum atomic E-state index is -0.144. The zero-order valence-electron chi connectivity index (χ0n) is 18.6. The van der Waals surface area contributed by atoms with Gasteiger partial charge in [-0.15, -0.1) is 0 Å². The Morgan fingerprint density at radius 2 is 1.94 bits per heavy atom. The van der Waals surface area contributed by atoms with Gasteiger partial charge >= 0.3 is 0 Å². The molecule has 3 aromatic rings. The van der Waals surface area contributed by atoms with E-state index in [1.807, 2.05) is 29.2 Å². The molecule has 2 amide bonds. The molecule has 0 unspecified atom stereocenters. The number of likely N-dealkylation sites (N-methyl/N-ethyl adjacent to an activating group) is 1. The van der Waals surface area contributed by atoms with Gasteiger partial charge in [-0.3, -0.25) is 9.59 Å². The standard InChI is InChI=1S/C24H25N5O4/c1-28(2)21(30)14-16-5-7-18(8-6-16)26-22(31)17-9-11-29(12-10-17)24-19(15-25)27-23(33-24)20-4-3-13-32-20/h3-8,13,17H,9-12,14H2,1-2H3,(H,26,31). The summed E-state index contributed by atoms with van der Waals surface area (Å²) >= 11 is 0. The average Bonchev–Trinajstić information content (AvgIpc) is 3.50. The summed E-state index contributed by atoms with van der Waals surface area (Å²) in [5.74, 6) is 0.980. The number of rotatable bonds is 6. The number of hydrogen-bond donors (Lipinski definition) is 1. The maximum atomic E-state index is 12.8. The smallest absolute Gasteiger partial charge is 0.266 e. The molecule has 1 fully saturated rings. The van der Waals surface area contributed by atoms with Crippen molar-refractivity contribution in [2.75, 3.05) is 37.4 Å². The lowest BCUT2D eigenvalue weighted by Crippen LogP contribution is -2.38. The fourth-order valence-electron chi connectivity index (χ4n) is 3.73. The molecule has 1 aliphatic heterocycles. The fraction of sp³-hybridized carbons (Fsp3) is 0.333. The van der Waals surface area contributed by atoms with Crippen LogP contribution < -0.4 is 10.2 Å². The number of carbonyl (C=O) groups is 2. The van der Waals surface area contributed by atoms with Crippen LogP contribution in [0.25, 0.3) is 11.7 Å². The lowest BCUT2D eigenvalue weighted by atomic mass is 9.95. The summed E-state index contributed by atoms with van der Waals surface area (Å²) in [5, 5.41) is 12.4. The van der Waals surface area contributed by atoms with Crippen LogP contribution in [0.1, 0.15) is 24.1 Å². The van der Waals surface area contributed by atoms with Crippen LogP contribution in [-0.4, -0.2) is 48.9 Å². The average molecular weight is 447 g/mol. The minimum Gasteiger partial charge on any atom is -0.459 e.